The zero-order chi connectivity index (χ0) is 14.1. The molecule has 1 aliphatic rings. The molecule has 5 nitrogen and oxygen atoms in total. The van der Waals surface area contributed by atoms with Crippen molar-refractivity contribution in [2.24, 2.45) is 0 Å². The second-order valence-corrected chi connectivity index (χ2v) is 6.38. The number of hydrogen-bond acceptors (Lipinski definition) is 5. The largest absolute Gasteiger partial charge is 0.497 e. The summed E-state index contributed by atoms with van der Waals surface area (Å²) in [7, 11) is 1.57. The number of carbonyl (C=O) groups excluding carboxylic acids is 1. The molecule has 7 heteroatoms. The van der Waals surface area contributed by atoms with E-state index in [1.807, 2.05) is 0 Å². The van der Waals surface area contributed by atoms with E-state index in [4.69, 9.17) is 4.74 Å². The van der Waals surface area contributed by atoms with E-state index in [0.717, 1.165) is 5.01 Å². The fourth-order valence-electron chi connectivity index (χ4n) is 1.75. The number of carbonyl (C=O) groups is 1. The highest BCUT2D eigenvalue weighted by atomic mass is 79.9. The topological polar surface area (TPSA) is 64.1 Å². The van der Waals surface area contributed by atoms with Gasteiger partial charge in [0.25, 0.3) is 5.91 Å². The normalized spacial score (nSPS) is 14.1. The van der Waals surface area contributed by atoms with Crippen molar-refractivity contribution in [3.8, 4) is 5.75 Å². The molecule has 20 heavy (non-hydrogen) atoms. The highest BCUT2D eigenvalue weighted by molar-refractivity contribution is 9.10. The maximum Gasteiger partial charge on any atom is 0.258 e. The van der Waals surface area contributed by atoms with Crippen molar-refractivity contribution < 1.29 is 9.53 Å². The number of anilines is 1. The first-order valence-corrected chi connectivity index (χ1v) is 7.76. The second-order valence-electron chi connectivity index (χ2n) is 4.52. The second kappa shape index (κ2) is 5.49. The molecular formula is C13H12BrN3O2S. The van der Waals surface area contributed by atoms with E-state index in [1.165, 1.54) is 24.2 Å². The Balaban J connectivity index is 1.77. The van der Waals surface area contributed by atoms with E-state index in [1.54, 1.807) is 25.3 Å². The first-order valence-electron chi connectivity index (χ1n) is 6.15. The van der Waals surface area contributed by atoms with Gasteiger partial charge < -0.3 is 4.74 Å². The molecule has 0 saturated heterocycles. The Morgan fingerprint density at radius 3 is 2.95 bits per heavy atom. The van der Waals surface area contributed by atoms with Crippen molar-refractivity contribution in [3.63, 3.8) is 0 Å². The number of hydrogen-bond donors (Lipinski definition) is 1. The summed E-state index contributed by atoms with van der Waals surface area (Å²) in [5.74, 6) is 0.949. The summed E-state index contributed by atoms with van der Waals surface area (Å²) >= 11 is 4.80. The Kier molecular flexibility index (Phi) is 3.71. The maximum absolute atomic E-state index is 12.2. The molecule has 1 heterocycles. The number of benzene rings is 1. The highest BCUT2D eigenvalue weighted by Gasteiger charge is 2.27. The molecule has 1 saturated carbocycles. The minimum atomic E-state index is -0.228. The molecule has 0 aliphatic heterocycles. The van der Waals surface area contributed by atoms with Gasteiger partial charge in [-0.2, -0.15) is 0 Å². The van der Waals surface area contributed by atoms with E-state index in [0.29, 0.717) is 26.8 Å². The number of nitrogens with zero attached hydrogens (tertiary/aromatic N) is 2. The lowest BCUT2D eigenvalue weighted by atomic mass is 10.2. The van der Waals surface area contributed by atoms with Gasteiger partial charge >= 0.3 is 0 Å². The van der Waals surface area contributed by atoms with Crippen LogP contribution in [0, 0.1) is 0 Å². The fraction of sp³-hybridized carbons (Fsp3) is 0.308. The van der Waals surface area contributed by atoms with E-state index in [-0.39, 0.29) is 5.91 Å². The number of aromatic nitrogens is 2. The molecule has 0 atom stereocenters. The number of rotatable bonds is 4. The summed E-state index contributed by atoms with van der Waals surface area (Å²) in [6.45, 7) is 0. The Hall–Kier alpha value is -1.47. The van der Waals surface area contributed by atoms with Gasteiger partial charge in [0.1, 0.15) is 10.8 Å². The van der Waals surface area contributed by atoms with Crippen LogP contribution in [0.1, 0.15) is 34.1 Å². The molecular weight excluding hydrogens is 342 g/mol. The molecule has 0 unspecified atom stereocenters. The zero-order valence-electron chi connectivity index (χ0n) is 10.7. The number of amides is 1. The third-order valence-electron chi connectivity index (χ3n) is 3.01. The molecule has 1 aromatic carbocycles. The number of methoxy groups -OCH3 is 1. The lowest BCUT2D eigenvalue weighted by molar-refractivity contribution is 0.102. The van der Waals surface area contributed by atoms with E-state index in [9.17, 15) is 4.79 Å². The Morgan fingerprint density at radius 1 is 1.45 bits per heavy atom. The molecule has 1 aromatic heterocycles. The number of ether oxygens (including phenoxy) is 1. The predicted molar refractivity (Wildman–Crippen MR) is 80.5 cm³/mol. The van der Waals surface area contributed by atoms with E-state index in [2.05, 4.69) is 31.4 Å². The lowest BCUT2D eigenvalue weighted by Crippen LogP contribution is -2.12. The summed E-state index contributed by atoms with van der Waals surface area (Å²) in [5, 5.41) is 12.4. The van der Waals surface area contributed by atoms with Crippen molar-refractivity contribution in [2.45, 2.75) is 18.8 Å². The molecule has 2 aromatic rings. The van der Waals surface area contributed by atoms with Crippen molar-refractivity contribution in [1.82, 2.24) is 10.2 Å². The first-order chi connectivity index (χ1) is 9.67. The Morgan fingerprint density at radius 2 is 2.25 bits per heavy atom. The van der Waals surface area contributed by atoms with Crippen LogP contribution in [0.15, 0.2) is 22.7 Å². The summed E-state index contributed by atoms with van der Waals surface area (Å²) in [6, 6.07) is 5.25. The molecule has 3 rings (SSSR count). The third kappa shape index (κ3) is 2.83. The van der Waals surface area contributed by atoms with Gasteiger partial charge in [-0.05, 0) is 47.0 Å². The van der Waals surface area contributed by atoms with Crippen LogP contribution in [0.3, 0.4) is 0 Å². The van der Waals surface area contributed by atoms with Crippen molar-refractivity contribution in [1.29, 1.82) is 0 Å². The van der Waals surface area contributed by atoms with Crippen molar-refractivity contribution in [2.75, 3.05) is 12.4 Å². The van der Waals surface area contributed by atoms with E-state index >= 15 is 0 Å². The fourth-order valence-corrected chi connectivity index (χ4v) is 3.08. The van der Waals surface area contributed by atoms with Crippen LogP contribution < -0.4 is 10.1 Å². The van der Waals surface area contributed by atoms with Crippen LogP contribution in [0.5, 0.6) is 5.75 Å². The summed E-state index contributed by atoms with van der Waals surface area (Å²) in [5.41, 5.74) is 0.507. The monoisotopic (exact) mass is 353 g/mol. The summed E-state index contributed by atoms with van der Waals surface area (Å²) in [4.78, 5) is 12.2. The van der Waals surface area contributed by atoms with Crippen molar-refractivity contribution in [3.05, 3.63) is 33.2 Å². The molecule has 1 amide bonds. The van der Waals surface area contributed by atoms with Crippen LogP contribution in [0.4, 0.5) is 5.13 Å². The molecule has 1 fully saturated rings. The SMILES string of the molecule is COc1ccc(Br)c(C(=O)Nc2nnc(C3CC3)s2)c1. The summed E-state index contributed by atoms with van der Waals surface area (Å²) in [6.07, 6.45) is 2.34. The Labute approximate surface area is 128 Å². The van der Waals surface area contributed by atoms with Gasteiger partial charge in [0, 0.05) is 10.4 Å². The van der Waals surface area contributed by atoms with Gasteiger partial charge in [0.15, 0.2) is 0 Å². The highest BCUT2D eigenvalue weighted by Crippen LogP contribution is 2.42. The number of halogens is 1. The lowest BCUT2D eigenvalue weighted by Gasteiger charge is -2.06. The first kappa shape index (κ1) is 13.5. The smallest absolute Gasteiger partial charge is 0.258 e. The molecule has 0 spiro atoms. The molecule has 0 bridgehead atoms. The maximum atomic E-state index is 12.2. The van der Waals surface area contributed by atoms with Crippen LogP contribution >= 0.6 is 27.3 Å². The van der Waals surface area contributed by atoms with Gasteiger partial charge in [-0.1, -0.05) is 11.3 Å². The van der Waals surface area contributed by atoms with Crippen LogP contribution in [-0.2, 0) is 0 Å². The molecule has 1 aliphatic carbocycles. The quantitative estimate of drug-likeness (QED) is 0.914. The summed E-state index contributed by atoms with van der Waals surface area (Å²) < 4.78 is 5.84. The minimum Gasteiger partial charge on any atom is -0.497 e. The van der Waals surface area contributed by atoms with Gasteiger partial charge in [-0.3, -0.25) is 10.1 Å². The van der Waals surface area contributed by atoms with E-state index < -0.39 is 0 Å². The van der Waals surface area contributed by atoms with Crippen LogP contribution in [0.25, 0.3) is 0 Å². The molecule has 0 radical (unpaired) electrons. The van der Waals surface area contributed by atoms with Gasteiger partial charge in [0.05, 0.1) is 12.7 Å². The third-order valence-corrected chi connectivity index (χ3v) is 4.70. The van der Waals surface area contributed by atoms with Gasteiger partial charge in [-0.15, -0.1) is 10.2 Å². The predicted octanol–water partition coefficient (Wildman–Crippen LogP) is 3.44. The molecule has 104 valence electrons. The minimum absolute atomic E-state index is 0.228. The van der Waals surface area contributed by atoms with Gasteiger partial charge in [-0.25, -0.2) is 0 Å². The average molecular weight is 354 g/mol. The zero-order valence-corrected chi connectivity index (χ0v) is 13.1. The van der Waals surface area contributed by atoms with Crippen LogP contribution in [0.2, 0.25) is 0 Å². The Bertz CT molecular complexity index is 655. The van der Waals surface area contributed by atoms with Crippen LogP contribution in [-0.4, -0.2) is 23.2 Å². The van der Waals surface area contributed by atoms with Crippen molar-refractivity contribution >= 4 is 38.3 Å². The van der Waals surface area contributed by atoms with Gasteiger partial charge in [0.2, 0.25) is 5.13 Å². The average Bonchev–Trinajstić information content (AvgIpc) is 3.20. The number of nitrogens with one attached hydrogen (secondary N) is 1. The standard InChI is InChI=1S/C13H12BrN3O2S/c1-19-8-4-5-10(14)9(6-8)11(18)15-13-17-16-12(20-13)7-2-3-7/h4-7H,2-3H2,1H3,(H,15,17,18). The molecule has 1 N–H and O–H groups in total.